The SMILES string of the molecule is CC(C)c1cccc(C(C)C)c1NC(=O)CO/N=C/c1ccc(F)cc1. The zero-order chi connectivity index (χ0) is 19.1. The third-order valence-electron chi connectivity index (χ3n) is 3.98. The van der Waals surface area contributed by atoms with Crippen LogP contribution in [0.25, 0.3) is 0 Å². The van der Waals surface area contributed by atoms with Crippen molar-refractivity contribution in [2.75, 3.05) is 11.9 Å². The van der Waals surface area contributed by atoms with Gasteiger partial charge in [0, 0.05) is 5.69 Å². The molecule has 2 aromatic carbocycles. The van der Waals surface area contributed by atoms with E-state index in [1.807, 2.05) is 18.2 Å². The highest BCUT2D eigenvalue weighted by Gasteiger charge is 2.16. The monoisotopic (exact) mass is 356 g/mol. The van der Waals surface area contributed by atoms with Crippen molar-refractivity contribution in [3.63, 3.8) is 0 Å². The number of carbonyl (C=O) groups excluding carboxylic acids is 1. The molecule has 0 heterocycles. The Morgan fingerprint density at radius 1 is 1.08 bits per heavy atom. The van der Waals surface area contributed by atoms with E-state index < -0.39 is 0 Å². The Kier molecular flexibility index (Phi) is 6.89. The molecule has 138 valence electrons. The first kappa shape index (κ1) is 19.6. The van der Waals surface area contributed by atoms with E-state index in [4.69, 9.17) is 4.84 Å². The molecule has 4 nitrogen and oxygen atoms in total. The van der Waals surface area contributed by atoms with Crippen LogP contribution in [0.5, 0.6) is 0 Å². The van der Waals surface area contributed by atoms with Gasteiger partial charge in [0.25, 0.3) is 5.91 Å². The van der Waals surface area contributed by atoms with Gasteiger partial charge in [0.15, 0.2) is 6.61 Å². The van der Waals surface area contributed by atoms with Crippen LogP contribution in [0.1, 0.15) is 56.2 Å². The summed E-state index contributed by atoms with van der Waals surface area (Å²) >= 11 is 0. The second kappa shape index (κ2) is 9.13. The molecule has 0 radical (unpaired) electrons. The van der Waals surface area contributed by atoms with Gasteiger partial charge in [0.05, 0.1) is 6.21 Å². The van der Waals surface area contributed by atoms with Gasteiger partial charge >= 0.3 is 0 Å². The van der Waals surface area contributed by atoms with Crippen LogP contribution in [0.4, 0.5) is 10.1 Å². The summed E-state index contributed by atoms with van der Waals surface area (Å²) in [4.78, 5) is 17.3. The number of anilines is 1. The molecule has 2 rings (SSSR count). The molecular weight excluding hydrogens is 331 g/mol. The van der Waals surface area contributed by atoms with E-state index in [0.29, 0.717) is 17.4 Å². The number of amides is 1. The van der Waals surface area contributed by atoms with E-state index in [-0.39, 0.29) is 18.3 Å². The molecule has 0 saturated heterocycles. The molecule has 0 fully saturated rings. The molecule has 0 spiro atoms. The van der Waals surface area contributed by atoms with E-state index >= 15 is 0 Å². The van der Waals surface area contributed by atoms with Crippen LogP contribution < -0.4 is 5.32 Å². The van der Waals surface area contributed by atoms with Crippen molar-refractivity contribution in [3.05, 3.63) is 65.0 Å². The van der Waals surface area contributed by atoms with Gasteiger partial charge in [-0.1, -0.05) is 63.2 Å². The van der Waals surface area contributed by atoms with E-state index in [9.17, 15) is 9.18 Å². The molecule has 0 atom stereocenters. The molecule has 1 amide bonds. The number of benzene rings is 2. The summed E-state index contributed by atoms with van der Waals surface area (Å²) in [5.74, 6) is 0.00584. The zero-order valence-electron chi connectivity index (χ0n) is 15.6. The van der Waals surface area contributed by atoms with Crippen LogP contribution >= 0.6 is 0 Å². The lowest BCUT2D eigenvalue weighted by Gasteiger charge is -2.19. The summed E-state index contributed by atoms with van der Waals surface area (Å²) in [7, 11) is 0. The molecule has 2 aromatic rings. The van der Waals surface area contributed by atoms with Crippen molar-refractivity contribution < 1.29 is 14.0 Å². The first-order valence-corrected chi connectivity index (χ1v) is 8.72. The number of rotatable bonds is 7. The third kappa shape index (κ3) is 5.41. The molecule has 26 heavy (non-hydrogen) atoms. The minimum Gasteiger partial charge on any atom is -0.386 e. The van der Waals surface area contributed by atoms with Crippen LogP contribution in [0.2, 0.25) is 0 Å². The minimum absolute atomic E-state index is 0.193. The normalized spacial score (nSPS) is 11.3. The van der Waals surface area contributed by atoms with Crippen LogP contribution in [0, 0.1) is 5.82 Å². The molecule has 0 bridgehead atoms. The Bertz CT molecular complexity index is 742. The number of para-hydroxylation sites is 1. The average molecular weight is 356 g/mol. The fourth-order valence-electron chi connectivity index (χ4n) is 2.61. The summed E-state index contributed by atoms with van der Waals surface area (Å²) in [5, 5.41) is 6.72. The van der Waals surface area contributed by atoms with Crippen molar-refractivity contribution in [3.8, 4) is 0 Å². The summed E-state index contributed by atoms with van der Waals surface area (Å²) < 4.78 is 12.8. The highest BCUT2D eigenvalue weighted by Crippen LogP contribution is 2.32. The summed E-state index contributed by atoms with van der Waals surface area (Å²) in [6.07, 6.45) is 1.44. The number of nitrogens with one attached hydrogen (secondary N) is 1. The average Bonchev–Trinajstić information content (AvgIpc) is 2.60. The van der Waals surface area contributed by atoms with Crippen molar-refractivity contribution in [1.29, 1.82) is 0 Å². The Labute approximate surface area is 154 Å². The van der Waals surface area contributed by atoms with Crippen molar-refractivity contribution in [1.82, 2.24) is 0 Å². The topological polar surface area (TPSA) is 50.7 Å². The maximum atomic E-state index is 12.8. The lowest BCUT2D eigenvalue weighted by molar-refractivity contribution is -0.120. The predicted molar refractivity (Wildman–Crippen MR) is 103 cm³/mol. The Balaban J connectivity index is 2.00. The first-order valence-electron chi connectivity index (χ1n) is 8.72. The van der Waals surface area contributed by atoms with Gasteiger partial charge in [0.2, 0.25) is 0 Å². The molecule has 0 unspecified atom stereocenters. The maximum absolute atomic E-state index is 12.8. The number of carbonyl (C=O) groups is 1. The Morgan fingerprint density at radius 3 is 2.19 bits per heavy atom. The number of hydrogen-bond acceptors (Lipinski definition) is 3. The van der Waals surface area contributed by atoms with Gasteiger partial charge < -0.3 is 10.2 Å². The fourth-order valence-corrected chi connectivity index (χ4v) is 2.61. The largest absolute Gasteiger partial charge is 0.386 e. The molecule has 0 aliphatic carbocycles. The lowest BCUT2D eigenvalue weighted by atomic mass is 9.92. The van der Waals surface area contributed by atoms with Crippen LogP contribution in [-0.2, 0) is 9.63 Å². The Morgan fingerprint density at radius 2 is 1.65 bits per heavy atom. The Hall–Kier alpha value is -2.69. The van der Waals surface area contributed by atoms with Crippen molar-refractivity contribution >= 4 is 17.8 Å². The van der Waals surface area contributed by atoms with E-state index in [1.165, 1.54) is 18.3 Å². The van der Waals surface area contributed by atoms with Gasteiger partial charge in [-0.05, 0) is 40.7 Å². The van der Waals surface area contributed by atoms with Crippen LogP contribution in [0.15, 0.2) is 47.6 Å². The molecule has 1 N–H and O–H groups in total. The maximum Gasteiger partial charge on any atom is 0.265 e. The highest BCUT2D eigenvalue weighted by molar-refractivity contribution is 5.93. The lowest BCUT2D eigenvalue weighted by Crippen LogP contribution is -2.19. The number of oxime groups is 1. The van der Waals surface area contributed by atoms with Gasteiger partial charge in [-0.2, -0.15) is 0 Å². The van der Waals surface area contributed by atoms with Gasteiger partial charge in [-0.3, -0.25) is 4.79 Å². The smallest absolute Gasteiger partial charge is 0.265 e. The molecule has 5 heteroatoms. The quantitative estimate of drug-likeness (QED) is 0.557. The van der Waals surface area contributed by atoms with Crippen molar-refractivity contribution in [2.45, 2.75) is 39.5 Å². The zero-order valence-corrected chi connectivity index (χ0v) is 15.6. The first-order chi connectivity index (χ1) is 12.4. The van der Waals surface area contributed by atoms with Gasteiger partial charge in [0.1, 0.15) is 5.82 Å². The summed E-state index contributed by atoms with van der Waals surface area (Å²) in [6, 6.07) is 11.9. The molecule has 0 saturated carbocycles. The number of nitrogens with zero attached hydrogens (tertiary/aromatic N) is 1. The van der Waals surface area contributed by atoms with E-state index in [2.05, 4.69) is 38.2 Å². The predicted octanol–water partition coefficient (Wildman–Crippen LogP) is 5.06. The molecule has 0 aromatic heterocycles. The molecule has 0 aliphatic heterocycles. The van der Waals surface area contributed by atoms with Gasteiger partial charge in [-0.25, -0.2) is 4.39 Å². The summed E-state index contributed by atoms with van der Waals surface area (Å²) in [6.45, 7) is 8.19. The van der Waals surface area contributed by atoms with Crippen molar-refractivity contribution in [2.24, 2.45) is 5.16 Å². The number of hydrogen-bond donors (Lipinski definition) is 1. The van der Waals surface area contributed by atoms with E-state index in [1.54, 1.807) is 12.1 Å². The second-order valence-corrected chi connectivity index (χ2v) is 6.73. The molecular formula is C21H25FN2O2. The second-order valence-electron chi connectivity index (χ2n) is 6.73. The van der Waals surface area contributed by atoms with Gasteiger partial charge in [-0.15, -0.1) is 0 Å². The molecule has 0 aliphatic rings. The van der Waals surface area contributed by atoms with Crippen LogP contribution in [0.3, 0.4) is 0 Å². The third-order valence-corrected chi connectivity index (χ3v) is 3.98. The minimum atomic E-state index is -0.313. The summed E-state index contributed by atoms with van der Waals surface area (Å²) in [5.41, 5.74) is 3.74. The standard InChI is InChI=1S/C21H25FN2O2/c1-14(2)18-6-5-7-19(15(3)4)21(18)24-20(25)13-26-23-12-16-8-10-17(22)11-9-16/h5-12,14-15H,13H2,1-4H3,(H,24,25)/b23-12+. The van der Waals surface area contributed by atoms with E-state index in [0.717, 1.165) is 16.8 Å². The number of halogens is 1. The van der Waals surface area contributed by atoms with Crippen LogP contribution in [-0.4, -0.2) is 18.7 Å². The highest BCUT2D eigenvalue weighted by atomic mass is 19.1. The fraction of sp³-hybridized carbons (Fsp3) is 0.333.